The van der Waals surface area contributed by atoms with E-state index in [1.54, 1.807) is 6.92 Å². The molecule has 0 aromatic rings. The molecule has 1 nitrogen and oxygen atoms in total. The van der Waals surface area contributed by atoms with Gasteiger partial charge in [0.2, 0.25) is 0 Å². The zero-order valence-corrected chi connectivity index (χ0v) is 6.26. The molecular weight excluding hydrogens is 167 g/mol. The van der Waals surface area contributed by atoms with Crippen molar-refractivity contribution in [3.05, 3.63) is 0 Å². The smallest absolute Gasteiger partial charge is 0.305 e. The summed E-state index contributed by atoms with van der Waals surface area (Å²) in [5, 5.41) is 2.22. The van der Waals surface area contributed by atoms with Gasteiger partial charge in [-0.15, -0.1) is 11.6 Å². The lowest BCUT2D eigenvalue weighted by molar-refractivity contribution is -0.150. The zero-order valence-electron chi connectivity index (χ0n) is 5.50. The maximum atomic E-state index is 11.8. The number of rotatable bonds is 3. The van der Waals surface area contributed by atoms with Crippen LogP contribution in [-0.2, 0) is 0 Å². The fourth-order valence-corrected chi connectivity index (χ4v) is 0.788. The van der Waals surface area contributed by atoms with Gasteiger partial charge in [-0.05, 0) is 6.54 Å². The molecular formula is C5H9ClF3N. The van der Waals surface area contributed by atoms with E-state index in [-0.39, 0.29) is 6.54 Å². The highest BCUT2D eigenvalue weighted by molar-refractivity contribution is 6.18. The summed E-state index contributed by atoms with van der Waals surface area (Å²) in [7, 11) is 0. The van der Waals surface area contributed by atoms with Crippen molar-refractivity contribution >= 4 is 11.6 Å². The van der Waals surface area contributed by atoms with Crippen molar-refractivity contribution in [2.75, 3.05) is 12.4 Å². The largest absolute Gasteiger partial charge is 0.405 e. The van der Waals surface area contributed by atoms with Crippen LogP contribution in [0.15, 0.2) is 0 Å². The Balaban J connectivity index is 3.81. The van der Waals surface area contributed by atoms with Gasteiger partial charge in [-0.1, -0.05) is 6.92 Å². The Kier molecular flexibility index (Phi) is 4.05. The standard InChI is InChI=1S/C5H9ClF3N/c1-2-10-4(3-6)5(7,8)9/h4,10H,2-3H2,1H3. The summed E-state index contributed by atoms with van der Waals surface area (Å²) in [5.74, 6) is -0.433. The molecule has 0 aromatic carbocycles. The lowest BCUT2D eigenvalue weighted by atomic mass is 10.3. The Bertz CT molecular complexity index is 93.4. The SMILES string of the molecule is CCNC(CCl)C(F)(F)F. The zero-order chi connectivity index (χ0) is 8.20. The van der Waals surface area contributed by atoms with Crippen LogP contribution in [0.1, 0.15) is 6.92 Å². The molecule has 0 spiro atoms. The van der Waals surface area contributed by atoms with Crippen LogP contribution in [0.3, 0.4) is 0 Å². The minimum Gasteiger partial charge on any atom is -0.305 e. The van der Waals surface area contributed by atoms with E-state index in [0.717, 1.165) is 0 Å². The fraction of sp³-hybridized carbons (Fsp3) is 1.00. The van der Waals surface area contributed by atoms with Crippen LogP contribution in [0.2, 0.25) is 0 Å². The third-order valence-electron chi connectivity index (χ3n) is 1.000. The van der Waals surface area contributed by atoms with Gasteiger partial charge in [-0.2, -0.15) is 13.2 Å². The number of hydrogen-bond acceptors (Lipinski definition) is 1. The molecule has 0 fully saturated rings. The van der Waals surface area contributed by atoms with Gasteiger partial charge < -0.3 is 5.32 Å². The first-order chi connectivity index (χ1) is 4.52. The molecule has 0 saturated carbocycles. The average molecular weight is 176 g/mol. The van der Waals surface area contributed by atoms with E-state index in [1.165, 1.54) is 0 Å². The van der Waals surface area contributed by atoms with E-state index in [0.29, 0.717) is 0 Å². The van der Waals surface area contributed by atoms with E-state index in [4.69, 9.17) is 11.6 Å². The fourth-order valence-electron chi connectivity index (χ4n) is 0.504. The lowest BCUT2D eigenvalue weighted by Crippen LogP contribution is -2.43. The second kappa shape index (κ2) is 4.03. The molecule has 5 heteroatoms. The maximum absolute atomic E-state index is 11.8. The number of nitrogens with one attached hydrogen (secondary N) is 1. The predicted molar refractivity (Wildman–Crippen MR) is 34.2 cm³/mol. The molecule has 0 radical (unpaired) electrons. The molecule has 0 heterocycles. The minimum atomic E-state index is -4.22. The second-order valence-electron chi connectivity index (χ2n) is 1.81. The minimum absolute atomic E-state index is 0.275. The van der Waals surface area contributed by atoms with Crippen molar-refractivity contribution in [3.63, 3.8) is 0 Å². The highest BCUT2D eigenvalue weighted by Gasteiger charge is 2.38. The van der Waals surface area contributed by atoms with Crippen molar-refractivity contribution in [2.24, 2.45) is 0 Å². The van der Waals surface area contributed by atoms with Gasteiger partial charge in [0.05, 0.1) is 0 Å². The van der Waals surface area contributed by atoms with E-state index >= 15 is 0 Å². The first-order valence-corrected chi connectivity index (χ1v) is 3.41. The van der Waals surface area contributed by atoms with Gasteiger partial charge in [-0.3, -0.25) is 0 Å². The third kappa shape index (κ3) is 3.27. The Morgan fingerprint density at radius 2 is 2.00 bits per heavy atom. The molecule has 0 aliphatic heterocycles. The Hall–Kier alpha value is 0.0400. The summed E-state index contributed by atoms with van der Waals surface area (Å²) in [4.78, 5) is 0. The molecule has 1 unspecified atom stereocenters. The van der Waals surface area contributed by atoms with Gasteiger partial charge in [-0.25, -0.2) is 0 Å². The highest BCUT2D eigenvalue weighted by atomic mass is 35.5. The van der Waals surface area contributed by atoms with Gasteiger partial charge in [0.25, 0.3) is 0 Å². The highest BCUT2D eigenvalue weighted by Crippen LogP contribution is 2.20. The van der Waals surface area contributed by atoms with Gasteiger partial charge in [0, 0.05) is 5.88 Å². The van der Waals surface area contributed by atoms with Gasteiger partial charge in [0.15, 0.2) is 0 Å². The molecule has 10 heavy (non-hydrogen) atoms. The normalized spacial score (nSPS) is 15.3. The maximum Gasteiger partial charge on any atom is 0.405 e. The van der Waals surface area contributed by atoms with Gasteiger partial charge >= 0.3 is 6.18 Å². The first kappa shape index (κ1) is 10.0. The lowest BCUT2D eigenvalue weighted by Gasteiger charge is -2.17. The van der Waals surface area contributed by atoms with E-state index in [1.807, 2.05) is 0 Å². The van der Waals surface area contributed by atoms with Crippen molar-refractivity contribution in [2.45, 2.75) is 19.1 Å². The van der Waals surface area contributed by atoms with Crippen LogP contribution in [0.5, 0.6) is 0 Å². The van der Waals surface area contributed by atoms with E-state index < -0.39 is 18.1 Å². The summed E-state index contributed by atoms with van der Waals surface area (Å²) in [5.41, 5.74) is 0. The summed E-state index contributed by atoms with van der Waals surface area (Å²) < 4.78 is 35.3. The van der Waals surface area contributed by atoms with Crippen LogP contribution >= 0.6 is 11.6 Å². The first-order valence-electron chi connectivity index (χ1n) is 2.88. The molecule has 0 aliphatic carbocycles. The summed E-state index contributed by atoms with van der Waals surface area (Å²) in [6.07, 6.45) is -4.22. The van der Waals surface area contributed by atoms with Crippen molar-refractivity contribution in [1.29, 1.82) is 0 Å². The molecule has 0 rings (SSSR count). The summed E-state index contributed by atoms with van der Waals surface area (Å²) in [6, 6.07) is -1.57. The van der Waals surface area contributed by atoms with Gasteiger partial charge in [0.1, 0.15) is 6.04 Å². The molecule has 1 atom stereocenters. The Morgan fingerprint density at radius 1 is 1.50 bits per heavy atom. The predicted octanol–water partition coefficient (Wildman–Crippen LogP) is 1.77. The Morgan fingerprint density at radius 3 is 2.10 bits per heavy atom. The average Bonchev–Trinajstić information content (AvgIpc) is 1.80. The second-order valence-corrected chi connectivity index (χ2v) is 2.11. The molecule has 0 aliphatic rings. The van der Waals surface area contributed by atoms with Crippen LogP contribution in [0.4, 0.5) is 13.2 Å². The molecule has 62 valence electrons. The summed E-state index contributed by atoms with van der Waals surface area (Å²) in [6.45, 7) is 1.88. The molecule has 0 aromatic heterocycles. The van der Waals surface area contributed by atoms with Crippen molar-refractivity contribution in [1.82, 2.24) is 5.32 Å². The van der Waals surface area contributed by atoms with Crippen molar-refractivity contribution in [3.8, 4) is 0 Å². The quantitative estimate of drug-likeness (QED) is 0.645. The van der Waals surface area contributed by atoms with E-state index in [9.17, 15) is 13.2 Å². The monoisotopic (exact) mass is 175 g/mol. The van der Waals surface area contributed by atoms with Crippen LogP contribution in [-0.4, -0.2) is 24.6 Å². The molecule has 0 saturated heterocycles. The van der Waals surface area contributed by atoms with E-state index in [2.05, 4.69) is 5.32 Å². The number of halogens is 4. The molecule has 1 N–H and O–H groups in total. The van der Waals surface area contributed by atoms with Crippen molar-refractivity contribution < 1.29 is 13.2 Å². The molecule has 0 amide bonds. The van der Waals surface area contributed by atoms with Crippen LogP contribution in [0.25, 0.3) is 0 Å². The third-order valence-corrected chi connectivity index (χ3v) is 1.31. The molecule has 0 bridgehead atoms. The Labute approximate surface area is 62.5 Å². The van der Waals surface area contributed by atoms with Crippen LogP contribution in [0, 0.1) is 0 Å². The number of hydrogen-bond donors (Lipinski definition) is 1. The number of alkyl halides is 4. The topological polar surface area (TPSA) is 12.0 Å². The van der Waals surface area contributed by atoms with Crippen LogP contribution < -0.4 is 5.32 Å². The summed E-state index contributed by atoms with van der Waals surface area (Å²) >= 11 is 5.05.